The Balaban J connectivity index is 2.01. The summed E-state index contributed by atoms with van der Waals surface area (Å²) in [7, 11) is 5.19. The Hall–Kier alpha value is -2.65. The second-order valence-electron chi connectivity index (χ2n) is 9.41. The lowest BCUT2D eigenvalue weighted by atomic mass is 9.86. The number of aryl methyl sites for hydroxylation is 2. The van der Waals surface area contributed by atoms with Crippen molar-refractivity contribution in [1.29, 1.82) is 0 Å². The number of rotatable bonds is 7. The summed E-state index contributed by atoms with van der Waals surface area (Å²) in [5, 5.41) is 14.7. The van der Waals surface area contributed by atoms with Gasteiger partial charge in [-0.1, -0.05) is 33.8 Å². The zero-order valence-electron chi connectivity index (χ0n) is 20.6. The summed E-state index contributed by atoms with van der Waals surface area (Å²) in [5.41, 5.74) is 1.57. The van der Waals surface area contributed by atoms with Gasteiger partial charge in [-0.05, 0) is 42.5 Å². The van der Waals surface area contributed by atoms with Crippen LogP contribution in [0.5, 0.6) is 5.75 Å². The fourth-order valence-corrected chi connectivity index (χ4v) is 5.44. The summed E-state index contributed by atoms with van der Waals surface area (Å²) >= 11 is 2.88. The first kappa shape index (κ1) is 25.0. The molecule has 0 saturated carbocycles. The summed E-state index contributed by atoms with van der Waals surface area (Å²) in [5.74, 6) is 0.976. The maximum atomic E-state index is 12.8. The van der Waals surface area contributed by atoms with Crippen molar-refractivity contribution in [2.24, 2.45) is 5.41 Å². The molecule has 2 aromatic heterocycles. The first-order chi connectivity index (χ1) is 15.5. The van der Waals surface area contributed by atoms with Gasteiger partial charge in [-0.3, -0.25) is 4.79 Å². The van der Waals surface area contributed by atoms with Crippen LogP contribution >= 0.6 is 23.1 Å². The summed E-state index contributed by atoms with van der Waals surface area (Å²) in [6.45, 7) is 10.6. The molecule has 1 aromatic carbocycles. The third-order valence-electron chi connectivity index (χ3n) is 5.59. The van der Waals surface area contributed by atoms with Gasteiger partial charge in [-0.25, -0.2) is 0 Å². The molecule has 2 heterocycles. The Morgan fingerprint density at radius 3 is 2.39 bits per heavy atom. The Kier molecular flexibility index (Phi) is 7.33. The Morgan fingerprint density at radius 1 is 1.15 bits per heavy atom. The van der Waals surface area contributed by atoms with Crippen LogP contribution in [0.15, 0.2) is 24.3 Å². The van der Waals surface area contributed by atoms with Crippen LogP contribution in [0.2, 0.25) is 0 Å². The number of anilines is 3. The van der Waals surface area contributed by atoms with Gasteiger partial charge < -0.3 is 20.2 Å². The molecule has 0 unspecified atom stereocenters. The van der Waals surface area contributed by atoms with Crippen LogP contribution < -0.4 is 10.2 Å². The first-order valence-electron chi connectivity index (χ1n) is 10.9. The third-order valence-corrected chi connectivity index (χ3v) is 7.17. The maximum absolute atomic E-state index is 12.8. The van der Waals surface area contributed by atoms with Crippen molar-refractivity contribution in [2.45, 2.75) is 47.1 Å². The molecular weight excluding hydrogens is 454 g/mol. The quantitative estimate of drug-likeness (QED) is 0.435. The third kappa shape index (κ3) is 5.14. The van der Waals surface area contributed by atoms with E-state index in [0.717, 1.165) is 17.3 Å². The van der Waals surface area contributed by atoms with E-state index in [-0.39, 0.29) is 23.1 Å². The van der Waals surface area contributed by atoms with Crippen molar-refractivity contribution in [2.75, 3.05) is 31.4 Å². The molecule has 0 bridgehead atoms. The van der Waals surface area contributed by atoms with Crippen LogP contribution in [0.25, 0.3) is 0 Å². The first-order valence-corrected chi connectivity index (χ1v) is 12.5. The van der Waals surface area contributed by atoms with E-state index in [9.17, 15) is 9.90 Å². The van der Waals surface area contributed by atoms with Crippen molar-refractivity contribution < 1.29 is 9.90 Å². The second-order valence-corrected chi connectivity index (χ2v) is 11.3. The lowest BCUT2D eigenvalue weighted by Crippen LogP contribution is -2.26. The number of nitrogens with one attached hydrogen (secondary N) is 1. The molecule has 3 aromatic rings. The van der Waals surface area contributed by atoms with Gasteiger partial charge >= 0.3 is 0 Å². The van der Waals surface area contributed by atoms with Crippen LogP contribution in [-0.2, 0) is 6.42 Å². The number of thiophene rings is 1. The van der Waals surface area contributed by atoms with Crippen molar-refractivity contribution >= 4 is 46.3 Å². The number of benzene rings is 1. The molecule has 0 aliphatic rings. The SMILES string of the molecule is CCc1ccc(N(C)c2nsnc2N[C@@H](c2ccc(C)s2)C(C)(C)C)c(O)c1C(=O)N(C)C. The van der Waals surface area contributed by atoms with Crippen LogP contribution in [0.1, 0.15) is 59.4 Å². The minimum absolute atomic E-state index is 0.0363. The van der Waals surface area contributed by atoms with Gasteiger partial charge in [0.1, 0.15) is 0 Å². The molecule has 0 aliphatic carbocycles. The largest absolute Gasteiger partial charge is 0.505 e. The number of carbonyl (C=O) groups excluding carboxylic acids is 1. The van der Waals surface area contributed by atoms with Gasteiger partial charge in [0.2, 0.25) is 0 Å². The number of amides is 1. The topological polar surface area (TPSA) is 81.6 Å². The van der Waals surface area contributed by atoms with Gasteiger partial charge in [0.15, 0.2) is 17.4 Å². The lowest BCUT2D eigenvalue weighted by molar-refractivity contribution is 0.0823. The van der Waals surface area contributed by atoms with Crippen molar-refractivity contribution in [3.8, 4) is 5.75 Å². The fourth-order valence-electron chi connectivity index (χ4n) is 3.72. The van der Waals surface area contributed by atoms with E-state index < -0.39 is 0 Å². The molecule has 1 amide bonds. The molecule has 7 nitrogen and oxygen atoms in total. The number of hydrogen-bond donors (Lipinski definition) is 2. The summed E-state index contributed by atoms with van der Waals surface area (Å²) in [4.78, 5) is 18.6. The van der Waals surface area contributed by atoms with E-state index in [2.05, 4.69) is 53.9 Å². The highest BCUT2D eigenvalue weighted by atomic mass is 32.1. The highest BCUT2D eigenvalue weighted by Crippen LogP contribution is 2.43. The number of hydrogen-bond acceptors (Lipinski definition) is 8. The highest BCUT2D eigenvalue weighted by molar-refractivity contribution is 7.12. The summed E-state index contributed by atoms with van der Waals surface area (Å²) in [6.07, 6.45) is 0.644. The predicted molar refractivity (Wildman–Crippen MR) is 138 cm³/mol. The molecule has 0 spiro atoms. The average Bonchev–Trinajstić information content (AvgIpc) is 3.38. The number of aromatic nitrogens is 2. The standard InChI is InChI=1S/C24H33N5O2S2/c1-9-15-11-12-16(19(30)18(15)23(31)28(6)7)29(8)22-21(26-33-27-22)25-20(24(3,4)5)17-13-10-14(2)32-17/h10-13,20,30H,9H2,1-8H3,(H,25,26)/t20-/m0/s1. The van der Waals surface area contributed by atoms with Crippen LogP contribution in [0, 0.1) is 12.3 Å². The van der Waals surface area contributed by atoms with E-state index in [0.29, 0.717) is 29.3 Å². The van der Waals surface area contributed by atoms with Crippen molar-refractivity contribution in [1.82, 2.24) is 13.6 Å². The van der Waals surface area contributed by atoms with Gasteiger partial charge in [0.25, 0.3) is 5.91 Å². The minimum atomic E-state index is -0.227. The average molecular weight is 488 g/mol. The molecule has 33 heavy (non-hydrogen) atoms. The fraction of sp³-hybridized carbons (Fsp3) is 0.458. The van der Waals surface area contributed by atoms with E-state index in [1.165, 1.54) is 14.7 Å². The molecule has 9 heteroatoms. The molecule has 0 saturated heterocycles. The van der Waals surface area contributed by atoms with Crippen LogP contribution in [0.3, 0.4) is 0 Å². The van der Waals surface area contributed by atoms with E-state index in [1.807, 2.05) is 26.1 Å². The Morgan fingerprint density at radius 2 is 1.85 bits per heavy atom. The smallest absolute Gasteiger partial charge is 0.257 e. The normalized spacial score (nSPS) is 12.5. The monoisotopic (exact) mass is 487 g/mol. The summed E-state index contributed by atoms with van der Waals surface area (Å²) < 4.78 is 9.03. The maximum Gasteiger partial charge on any atom is 0.257 e. The molecule has 1 atom stereocenters. The van der Waals surface area contributed by atoms with E-state index >= 15 is 0 Å². The highest BCUT2D eigenvalue weighted by Gasteiger charge is 2.30. The minimum Gasteiger partial charge on any atom is -0.505 e. The number of nitrogens with zero attached hydrogens (tertiary/aromatic N) is 4. The molecule has 178 valence electrons. The van der Waals surface area contributed by atoms with E-state index in [1.54, 1.807) is 30.3 Å². The van der Waals surface area contributed by atoms with Crippen LogP contribution in [-0.4, -0.2) is 45.8 Å². The van der Waals surface area contributed by atoms with Gasteiger partial charge in [0, 0.05) is 30.9 Å². The molecular formula is C24H33N5O2S2. The van der Waals surface area contributed by atoms with Crippen molar-refractivity contribution in [3.63, 3.8) is 0 Å². The Labute approximate surface area is 204 Å². The number of aromatic hydroxyl groups is 1. The molecule has 0 radical (unpaired) electrons. The number of phenolic OH excluding ortho intramolecular Hbond substituents is 1. The van der Waals surface area contributed by atoms with E-state index in [4.69, 9.17) is 0 Å². The van der Waals surface area contributed by atoms with Crippen molar-refractivity contribution in [3.05, 3.63) is 45.1 Å². The lowest BCUT2D eigenvalue weighted by Gasteiger charge is -2.31. The Bertz CT molecular complexity index is 1130. The molecule has 2 N–H and O–H groups in total. The number of phenols is 1. The van der Waals surface area contributed by atoms with Gasteiger partial charge in [-0.2, -0.15) is 8.75 Å². The van der Waals surface area contributed by atoms with Gasteiger partial charge in [0.05, 0.1) is 29.0 Å². The molecule has 0 fully saturated rings. The molecule has 0 aliphatic heterocycles. The second kappa shape index (κ2) is 9.69. The summed E-state index contributed by atoms with van der Waals surface area (Å²) in [6, 6.07) is 8.04. The molecule has 3 rings (SSSR count). The van der Waals surface area contributed by atoms with Crippen LogP contribution in [0.4, 0.5) is 17.3 Å². The zero-order valence-corrected chi connectivity index (χ0v) is 22.2. The number of carbonyl (C=O) groups is 1. The zero-order chi connectivity index (χ0) is 24.5. The van der Waals surface area contributed by atoms with Gasteiger partial charge in [-0.15, -0.1) is 11.3 Å². The predicted octanol–water partition coefficient (Wildman–Crippen LogP) is 5.85.